The quantitative estimate of drug-likeness (QED) is 0.612. The summed E-state index contributed by atoms with van der Waals surface area (Å²) in [4.78, 5) is 18.1. The summed E-state index contributed by atoms with van der Waals surface area (Å²) in [6.45, 7) is 5.15. The molecular formula is C16H25Cl2N5O. The molecule has 6 nitrogen and oxygen atoms in total. The van der Waals surface area contributed by atoms with Gasteiger partial charge in [-0.3, -0.25) is 4.98 Å². The van der Waals surface area contributed by atoms with E-state index in [4.69, 9.17) is 23.2 Å². The van der Waals surface area contributed by atoms with Crippen LogP contribution in [-0.4, -0.2) is 55.2 Å². The Bertz CT molecular complexity index is 503. The zero-order valence-electron chi connectivity index (χ0n) is 13.8. The van der Waals surface area contributed by atoms with Crippen LogP contribution in [0.2, 0.25) is 10.0 Å². The number of anilines is 1. The van der Waals surface area contributed by atoms with Crippen molar-refractivity contribution in [2.75, 3.05) is 44.6 Å². The molecule has 0 aromatic carbocycles. The van der Waals surface area contributed by atoms with Gasteiger partial charge in [-0.1, -0.05) is 29.6 Å². The summed E-state index contributed by atoms with van der Waals surface area (Å²) in [6, 6.07) is -0.151. The molecule has 0 aliphatic carbocycles. The third kappa shape index (κ3) is 6.71. The van der Waals surface area contributed by atoms with Crippen molar-refractivity contribution in [1.29, 1.82) is 0 Å². The normalized spacial score (nSPS) is 15.1. The van der Waals surface area contributed by atoms with Crippen LogP contribution in [0.5, 0.6) is 0 Å². The summed E-state index contributed by atoms with van der Waals surface area (Å²) >= 11 is 12.0. The lowest BCUT2D eigenvalue weighted by atomic mass is 10.1. The first-order valence-electron chi connectivity index (χ1n) is 8.44. The number of likely N-dealkylation sites (tertiary alicyclic amines) is 1. The molecule has 1 aromatic heterocycles. The van der Waals surface area contributed by atoms with E-state index in [0.717, 1.165) is 13.0 Å². The molecular weight excluding hydrogens is 349 g/mol. The van der Waals surface area contributed by atoms with E-state index < -0.39 is 0 Å². The molecule has 0 saturated carbocycles. The molecule has 0 spiro atoms. The molecule has 1 aliphatic rings. The summed E-state index contributed by atoms with van der Waals surface area (Å²) in [7, 11) is 0. The van der Waals surface area contributed by atoms with Gasteiger partial charge in [0, 0.05) is 32.0 Å². The van der Waals surface area contributed by atoms with Gasteiger partial charge in [0.05, 0.1) is 15.7 Å². The Kier molecular flexibility index (Phi) is 8.42. The van der Waals surface area contributed by atoms with Gasteiger partial charge in [-0.15, -0.1) is 0 Å². The number of aromatic nitrogens is 1. The maximum Gasteiger partial charge on any atom is 0.314 e. The van der Waals surface area contributed by atoms with Crippen LogP contribution >= 0.6 is 23.2 Å². The molecule has 1 aliphatic heterocycles. The summed E-state index contributed by atoms with van der Waals surface area (Å²) in [5, 5.41) is 9.70. The Labute approximate surface area is 153 Å². The van der Waals surface area contributed by atoms with Crippen LogP contribution < -0.4 is 16.0 Å². The number of nitrogens with one attached hydrogen (secondary N) is 3. The lowest BCUT2D eigenvalue weighted by molar-refractivity contribution is 0.222. The molecule has 1 saturated heterocycles. The highest BCUT2D eigenvalue weighted by Crippen LogP contribution is 2.28. The molecule has 1 aromatic rings. The number of carbonyl (C=O) groups is 1. The van der Waals surface area contributed by atoms with Crippen LogP contribution in [0.1, 0.15) is 25.7 Å². The van der Waals surface area contributed by atoms with Gasteiger partial charge >= 0.3 is 6.03 Å². The Hall–Kier alpha value is -1.24. The SMILES string of the molecule is O=C(NCCCN1CCCCC1)NCCNc1c(Cl)cncc1Cl. The third-order valence-electron chi connectivity index (χ3n) is 3.95. The second kappa shape index (κ2) is 10.6. The molecule has 0 bridgehead atoms. The van der Waals surface area contributed by atoms with Crippen LogP contribution in [0.4, 0.5) is 10.5 Å². The Morgan fingerprint density at radius 1 is 1.04 bits per heavy atom. The number of urea groups is 1. The van der Waals surface area contributed by atoms with Crippen LogP contribution in [0.15, 0.2) is 12.4 Å². The first-order valence-corrected chi connectivity index (χ1v) is 9.19. The summed E-state index contributed by atoms with van der Waals surface area (Å²) in [6.07, 6.45) is 7.98. The van der Waals surface area contributed by atoms with Gasteiger partial charge in [0.15, 0.2) is 0 Å². The standard InChI is InChI=1S/C16H25Cl2N5O/c17-13-11-19-12-14(18)15(13)20-6-7-22-16(24)21-5-4-10-23-8-2-1-3-9-23/h11-12H,1-10H2,(H,19,20)(H2,21,22,24). The second-order valence-electron chi connectivity index (χ2n) is 5.84. The highest BCUT2D eigenvalue weighted by molar-refractivity contribution is 6.38. The molecule has 24 heavy (non-hydrogen) atoms. The van der Waals surface area contributed by atoms with Gasteiger partial charge in [0.25, 0.3) is 0 Å². The largest absolute Gasteiger partial charge is 0.381 e. The second-order valence-corrected chi connectivity index (χ2v) is 6.66. The van der Waals surface area contributed by atoms with Crippen LogP contribution in [-0.2, 0) is 0 Å². The minimum atomic E-state index is -0.151. The van der Waals surface area contributed by atoms with Crippen molar-refractivity contribution >= 4 is 34.9 Å². The van der Waals surface area contributed by atoms with Gasteiger partial charge in [-0.2, -0.15) is 0 Å². The van der Waals surface area contributed by atoms with Crippen molar-refractivity contribution in [3.05, 3.63) is 22.4 Å². The molecule has 0 atom stereocenters. The van der Waals surface area contributed by atoms with E-state index in [1.165, 1.54) is 44.7 Å². The number of piperidine rings is 1. The molecule has 2 rings (SSSR count). The Balaban J connectivity index is 1.52. The van der Waals surface area contributed by atoms with Gasteiger partial charge in [-0.05, 0) is 38.9 Å². The third-order valence-corrected chi connectivity index (χ3v) is 4.52. The number of hydrogen-bond donors (Lipinski definition) is 3. The average Bonchev–Trinajstić information content (AvgIpc) is 2.58. The number of halogens is 2. The van der Waals surface area contributed by atoms with E-state index in [1.54, 1.807) is 0 Å². The Morgan fingerprint density at radius 3 is 2.42 bits per heavy atom. The number of amides is 2. The molecule has 1 fully saturated rings. The minimum absolute atomic E-state index is 0.151. The highest BCUT2D eigenvalue weighted by atomic mass is 35.5. The van der Waals surface area contributed by atoms with Crippen molar-refractivity contribution in [3.8, 4) is 0 Å². The van der Waals surface area contributed by atoms with Crippen molar-refractivity contribution in [2.24, 2.45) is 0 Å². The van der Waals surface area contributed by atoms with Crippen molar-refractivity contribution < 1.29 is 4.79 Å². The molecule has 8 heteroatoms. The van der Waals surface area contributed by atoms with E-state index in [2.05, 4.69) is 25.8 Å². The van der Waals surface area contributed by atoms with Crippen molar-refractivity contribution in [1.82, 2.24) is 20.5 Å². The number of hydrogen-bond acceptors (Lipinski definition) is 4. The fourth-order valence-electron chi connectivity index (χ4n) is 2.69. The minimum Gasteiger partial charge on any atom is -0.381 e. The number of rotatable bonds is 8. The predicted molar refractivity (Wildman–Crippen MR) is 99.1 cm³/mol. The lowest BCUT2D eigenvalue weighted by Gasteiger charge is -2.26. The Morgan fingerprint density at radius 2 is 1.71 bits per heavy atom. The lowest BCUT2D eigenvalue weighted by Crippen LogP contribution is -2.39. The topological polar surface area (TPSA) is 69.3 Å². The molecule has 0 unspecified atom stereocenters. The maximum atomic E-state index is 11.7. The zero-order chi connectivity index (χ0) is 17.2. The van der Waals surface area contributed by atoms with Gasteiger partial charge in [0.2, 0.25) is 0 Å². The van der Waals surface area contributed by atoms with E-state index in [1.807, 2.05) is 0 Å². The summed E-state index contributed by atoms with van der Waals surface area (Å²) in [5.41, 5.74) is 0.636. The van der Waals surface area contributed by atoms with Gasteiger partial charge in [-0.25, -0.2) is 4.79 Å². The highest BCUT2D eigenvalue weighted by Gasteiger charge is 2.09. The van der Waals surface area contributed by atoms with Crippen LogP contribution in [0.3, 0.4) is 0 Å². The van der Waals surface area contributed by atoms with E-state index in [9.17, 15) is 4.79 Å². The van der Waals surface area contributed by atoms with Crippen LogP contribution in [0, 0.1) is 0 Å². The number of pyridine rings is 1. The first-order chi connectivity index (χ1) is 11.7. The fourth-order valence-corrected chi connectivity index (χ4v) is 3.19. The monoisotopic (exact) mass is 373 g/mol. The molecule has 0 radical (unpaired) electrons. The number of carbonyl (C=O) groups excluding carboxylic acids is 1. The van der Waals surface area contributed by atoms with Crippen LogP contribution in [0.25, 0.3) is 0 Å². The first kappa shape index (κ1) is 19.1. The van der Waals surface area contributed by atoms with Gasteiger partial charge in [0.1, 0.15) is 0 Å². The van der Waals surface area contributed by atoms with E-state index in [0.29, 0.717) is 35.4 Å². The predicted octanol–water partition coefficient (Wildman–Crippen LogP) is 2.98. The molecule has 2 amide bonds. The molecule has 3 N–H and O–H groups in total. The van der Waals surface area contributed by atoms with Crippen molar-refractivity contribution in [3.63, 3.8) is 0 Å². The van der Waals surface area contributed by atoms with Gasteiger partial charge < -0.3 is 20.9 Å². The van der Waals surface area contributed by atoms with E-state index in [-0.39, 0.29) is 6.03 Å². The van der Waals surface area contributed by atoms with Crippen molar-refractivity contribution in [2.45, 2.75) is 25.7 Å². The maximum absolute atomic E-state index is 11.7. The molecule has 134 valence electrons. The number of nitrogens with zero attached hydrogens (tertiary/aromatic N) is 2. The average molecular weight is 374 g/mol. The summed E-state index contributed by atoms with van der Waals surface area (Å²) in [5.74, 6) is 0. The van der Waals surface area contributed by atoms with E-state index >= 15 is 0 Å². The smallest absolute Gasteiger partial charge is 0.314 e. The fraction of sp³-hybridized carbons (Fsp3) is 0.625. The summed E-state index contributed by atoms with van der Waals surface area (Å²) < 4.78 is 0. The zero-order valence-corrected chi connectivity index (χ0v) is 15.3. The molecule has 2 heterocycles.